The van der Waals surface area contributed by atoms with Gasteiger partial charge in [0, 0.05) is 18.2 Å². The van der Waals surface area contributed by atoms with Crippen molar-refractivity contribution >= 4 is 11.6 Å². The Labute approximate surface area is 112 Å². The number of aryl methyl sites for hydroxylation is 1. The average molecular weight is 279 g/mol. The summed E-state index contributed by atoms with van der Waals surface area (Å²) in [5.41, 5.74) is -0.0988. The zero-order chi connectivity index (χ0) is 14.7. The molecular formula is C12H10FN3O4. The van der Waals surface area contributed by atoms with Gasteiger partial charge >= 0.3 is 0 Å². The van der Waals surface area contributed by atoms with Crippen LogP contribution in [0.2, 0.25) is 0 Å². The van der Waals surface area contributed by atoms with E-state index in [-0.39, 0.29) is 12.2 Å². The van der Waals surface area contributed by atoms with Crippen LogP contribution in [0.1, 0.15) is 21.8 Å². The number of halogens is 1. The Kier molecular flexibility index (Phi) is 3.74. The van der Waals surface area contributed by atoms with Crippen LogP contribution in [0.4, 0.5) is 10.1 Å². The Morgan fingerprint density at radius 3 is 2.85 bits per heavy atom. The first-order valence-electron chi connectivity index (χ1n) is 5.61. The van der Waals surface area contributed by atoms with E-state index in [0.29, 0.717) is 11.5 Å². The van der Waals surface area contributed by atoms with E-state index in [1.807, 2.05) is 0 Å². The van der Waals surface area contributed by atoms with E-state index in [1.165, 1.54) is 0 Å². The van der Waals surface area contributed by atoms with Crippen molar-refractivity contribution in [3.05, 3.63) is 57.2 Å². The number of carbonyl (C=O) groups is 1. The fourth-order valence-corrected chi connectivity index (χ4v) is 1.56. The van der Waals surface area contributed by atoms with Crippen LogP contribution in [-0.4, -0.2) is 16.0 Å². The van der Waals surface area contributed by atoms with Crippen LogP contribution < -0.4 is 5.32 Å². The second kappa shape index (κ2) is 5.47. The standard InChI is InChI=1S/C12H10FN3O4/c1-7-4-9(20-15-7)6-14-12(17)10-5-8(16(18)19)2-3-11(10)13/h2-5H,6H2,1H3,(H,14,17). The van der Waals surface area contributed by atoms with E-state index in [2.05, 4.69) is 10.5 Å². The molecule has 0 spiro atoms. The van der Waals surface area contributed by atoms with Crippen LogP contribution in [0, 0.1) is 22.9 Å². The summed E-state index contributed by atoms with van der Waals surface area (Å²) in [4.78, 5) is 21.7. The first kappa shape index (κ1) is 13.7. The number of non-ortho nitro benzene ring substituents is 1. The van der Waals surface area contributed by atoms with Gasteiger partial charge in [0.1, 0.15) is 5.82 Å². The highest BCUT2D eigenvalue weighted by Crippen LogP contribution is 2.16. The lowest BCUT2D eigenvalue weighted by Gasteiger charge is -2.04. The number of nitro benzene ring substituents is 1. The van der Waals surface area contributed by atoms with E-state index in [9.17, 15) is 19.3 Å². The number of nitrogens with zero attached hydrogens (tertiary/aromatic N) is 2. The maximum absolute atomic E-state index is 13.5. The number of amides is 1. The maximum atomic E-state index is 13.5. The van der Waals surface area contributed by atoms with Crippen molar-refractivity contribution in [1.82, 2.24) is 10.5 Å². The number of hydrogen-bond acceptors (Lipinski definition) is 5. The summed E-state index contributed by atoms with van der Waals surface area (Å²) in [6.07, 6.45) is 0. The molecule has 2 rings (SSSR count). The number of carbonyl (C=O) groups excluding carboxylic acids is 1. The smallest absolute Gasteiger partial charge is 0.270 e. The van der Waals surface area contributed by atoms with Crippen molar-refractivity contribution in [3.8, 4) is 0 Å². The quantitative estimate of drug-likeness (QED) is 0.681. The molecule has 1 aromatic heterocycles. The van der Waals surface area contributed by atoms with Gasteiger partial charge < -0.3 is 9.84 Å². The molecule has 8 heteroatoms. The van der Waals surface area contributed by atoms with E-state index >= 15 is 0 Å². The summed E-state index contributed by atoms with van der Waals surface area (Å²) < 4.78 is 18.4. The molecule has 0 aliphatic heterocycles. The van der Waals surface area contributed by atoms with Gasteiger partial charge in [0.2, 0.25) is 0 Å². The Morgan fingerprint density at radius 2 is 2.25 bits per heavy atom. The maximum Gasteiger partial charge on any atom is 0.270 e. The summed E-state index contributed by atoms with van der Waals surface area (Å²) in [5, 5.41) is 16.6. The van der Waals surface area contributed by atoms with Crippen LogP contribution in [0.25, 0.3) is 0 Å². The minimum atomic E-state index is -0.832. The lowest BCUT2D eigenvalue weighted by atomic mass is 10.1. The summed E-state index contributed by atoms with van der Waals surface area (Å²) in [6, 6.07) is 4.37. The van der Waals surface area contributed by atoms with E-state index in [0.717, 1.165) is 18.2 Å². The molecule has 1 amide bonds. The minimum absolute atomic E-state index is 0.0157. The van der Waals surface area contributed by atoms with Gasteiger partial charge in [-0.1, -0.05) is 5.16 Å². The van der Waals surface area contributed by atoms with Crippen molar-refractivity contribution in [3.63, 3.8) is 0 Å². The van der Waals surface area contributed by atoms with Gasteiger partial charge in [-0.15, -0.1) is 0 Å². The average Bonchev–Trinajstić information content (AvgIpc) is 2.82. The Bertz CT molecular complexity index is 668. The number of hydrogen-bond donors (Lipinski definition) is 1. The molecule has 0 atom stereocenters. The lowest BCUT2D eigenvalue weighted by molar-refractivity contribution is -0.384. The van der Waals surface area contributed by atoms with Crippen molar-refractivity contribution in [2.75, 3.05) is 0 Å². The van der Waals surface area contributed by atoms with Crippen molar-refractivity contribution in [1.29, 1.82) is 0 Å². The number of benzene rings is 1. The molecule has 0 saturated heterocycles. The summed E-state index contributed by atoms with van der Waals surface area (Å²) in [7, 11) is 0. The number of aromatic nitrogens is 1. The Morgan fingerprint density at radius 1 is 1.50 bits per heavy atom. The largest absolute Gasteiger partial charge is 0.359 e. The second-order valence-corrected chi connectivity index (χ2v) is 4.04. The van der Waals surface area contributed by atoms with E-state index < -0.39 is 22.2 Å². The molecule has 7 nitrogen and oxygen atoms in total. The van der Waals surface area contributed by atoms with Crippen LogP contribution >= 0.6 is 0 Å². The van der Waals surface area contributed by atoms with Crippen LogP contribution in [0.15, 0.2) is 28.8 Å². The highest BCUT2D eigenvalue weighted by Gasteiger charge is 2.17. The third kappa shape index (κ3) is 2.97. The predicted octanol–water partition coefficient (Wildman–Crippen LogP) is 1.96. The second-order valence-electron chi connectivity index (χ2n) is 4.04. The number of rotatable bonds is 4. The SMILES string of the molecule is Cc1cc(CNC(=O)c2cc([N+](=O)[O-])ccc2F)on1. The molecule has 0 radical (unpaired) electrons. The fraction of sp³-hybridized carbons (Fsp3) is 0.167. The molecule has 0 saturated carbocycles. The predicted molar refractivity (Wildman–Crippen MR) is 65.5 cm³/mol. The van der Waals surface area contributed by atoms with Crippen LogP contribution in [0.3, 0.4) is 0 Å². The van der Waals surface area contributed by atoms with Gasteiger partial charge in [0.05, 0.1) is 22.7 Å². The minimum Gasteiger partial charge on any atom is -0.359 e. The zero-order valence-electron chi connectivity index (χ0n) is 10.4. The van der Waals surface area contributed by atoms with Gasteiger partial charge in [0.25, 0.3) is 11.6 Å². The van der Waals surface area contributed by atoms with Crippen LogP contribution in [0.5, 0.6) is 0 Å². The molecular weight excluding hydrogens is 269 g/mol. The van der Waals surface area contributed by atoms with Gasteiger partial charge in [-0.2, -0.15) is 0 Å². The third-order valence-corrected chi connectivity index (χ3v) is 2.51. The molecule has 1 N–H and O–H groups in total. The van der Waals surface area contributed by atoms with Gasteiger partial charge in [-0.3, -0.25) is 14.9 Å². The monoisotopic (exact) mass is 279 g/mol. The molecule has 0 bridgehead atoms. The van der Waals surface area contributed by atoms with Gasteiger partial charge in [-0.05, 0) is 13.0 Å². The Hall–Kier alpha value is -2.77. The van der Waals surface area contributed by atoms with Crippen molar-refractivity contribution < 1.29 is 18.6 Å². The normalized spacial score (nSPS) is 10.3. The molecule has 104 valence electrons. The lowest BCUT2D eigenvalue weighted by Crippen LogP contribution is -2.23. The van der Waals surface area contributed by atoms with Gasteiger partial charge in [0.15, 0.2) is 5.76 Å². The highest BCUT2D eigenvalue weighted by atomic mass is 19.1. The van der Waals surface area contributed by atoms with E-state index in [1.54, 1.807) is 13.0 Å². The molecule has 0 aliphatic carbocycles. The fourth-order valence-electron chi connectivity index (χ4n) is 1.56. The van der Waals surface area contributed by atoms with Crippen LogP contribution in [-0.2, 0) is 6.54 Å². The first-order chi connectivity index (χ1) is 9.47. The molecule has 0 aliphatic rings. The first-order valence-corrected chi connectivity index (χ1v) is 5.61. The Balaban J connectivity index is 2.12. The molecule has 1 heterocycles. The molecule has 20 heavy (non-hydrogen) atoms. The van der Waals surface area contributed by atoms with Crippen molar-refractivity contribution in [2.24, 2.45) is 0 Å². The molecule has 0 fully saturated rings. The van der Waals surface area contributed by atoms with Gasteiger partial charge in [-0.25, -0.2) is 4.39 Å². The molecule has 0 unspecified atom stereocenters. The molecule has 1 aromatic carbocycles. The number of nitrogens with one attached hydrogen (secondary N) is 1. The third-order valence-electron chi connectivity index (χ3n) is 2.51. The molecule has 2 aromatic rings. The topological polar surface area (TPSA) is 98.3 Å². The summed E-state index contributed by atoms with van der Waals surface area (Å²) in [6.45, 7) is 1.73. The summed E-state index contributed by atoms with van der Waals surface area (Å²) >= 11 is 0. The number of nitro groups is 1. The summed E-state index contributed by atoms with van der Waals surface area (Å²) in [5.74, 6) is -1.19. The van der Waals surface area contributed by atoms with Crippen molar-refractivity contribution in [2.45, 2.75) is 13.5 Å². The van der Waals surface area contributed by atoms with E-state index in [4.69, 9.17) is 4.52 Å². The highest BCUT2D eigenvalue weighted by molar-refractivity contribution is 5.95. The zero-order valence-corrected chi connectivity index (χ0v) is 10.4.